The van der Waals surface area contributed by atoms with E-state index < -0.39 is 0 Å². The lowest BCUT2D eigenvalue weighted by atomic mass is 9.93. The molecule has 3 rings (SSSR count). The number of ether oxygens (including phenoxy) is 1. The second-order valence-corrected chi connectivity index (χ2v) is 6.19. The van der Waals surface area contributed by atoms with Crippen LogP contribution in [-0.2, 0) is 4.79 Å². The van der Waals surface area contributed by atoms with Gasteiger partial charge in [-0.05, 0) is 69.0 Å². The summed E-state index contributed by atoms with van der Waals surface area (Å²) in [7, 11) is 1.64. The van der Waals surface area contributed by atoms with Crippen LogP contribution in [-0.4, -0.2) is 37.0 Å². The molecule has 0 spiro atoms. The van der Waals surface area contributed by atoms with Crippen LogP contribution in [0.4, 0.5) is 5.69 Å². The van der Waals surface area contributed by atoms with E-state index in [-0.39, 0.29) is 5.91 Å². The summed E-state index contributed by atoms with van der Waals surface area (Å²) in [4.78, 5) is 14.7. The van der Waals surface area contributed by atoms with Gasteiger partial charge in [0.2, 0.25) is 5.91 Å². The first kappa shape index (κ1) is 14.4. The average Bonchev–Trinajstić information content (AvgIpc) is 3.33. The number of methoxy groups -OCH3 is 1. The monoisotopic (exact) mass is 288 g/mol. The standard InChI is InChI=1S/C17H24N2O2/c1-21-16-6-2-14(3-7-16)18-17(20)12-13-8-10-19(11-9-13)15-4-5-15/h2-3,6-7,13,15H,4-5,8-12H2,1H3,(H,18,20). The third kappa shape index (κ3) is 3.97. The second-order valence-electron chi connectivity index (χ2n) is 6.19. The molecule has 1 saturated heterocycles. The molecule has 2 fully saturated rings. The van der Waals surface area contributed by atoms with Gasteiger partial charge in [0.05, 0.1) is 7.11 Å². The highest BCUT2D eigenvalue weighted by Crippen LogP contribution is 2.31. The van der Waals surface area contributed by atoms with Crippen LogP contribution < -0.4 is 10.1 Å². The van der Waals surface area contributed by atoms with Crippen molar-refractivity contribution in [2.75, 3.05) is 25.5 Å². The summed E-state index contributed by atoms with van der Waals surface area (Å²) >= 11 is 0. The fraction of sp³-hybridized carbons (Fsp3) is 0.588. The zero-order valence-electron chi connectivity index (χ0n) is 12.7. The molecule has 1 heterocycles. The van der Waals surface area contributed by atoms with Crippen LogP contribution in [0.3, 0.4) is 0 Å². The molecular formula is C17H24N2O2. The van der Waals surface area contributed by atoms with Gasteiger partial charge >= 0.3 is 0 Å². The van der Waals surface area contributed by atoms with Crippen molar-refractivity contribution in [3.05, 3.63) is 24.3 Å². The highest BCUT2D eigenvalue weighted by atomic mass is 16.5. The number of likely N-dealkylation sites (tertiary alicyclic amines) is 1. The van der Waals surface area contributed by atoms with E-state index in [4.69, 9.17) is 4.74 Å². The van der Waals surface area contributed by atoms with E-state index in [1.165, 1.54) is 25.9 Å². The lowest BCUT2D eigenvalue weighted by molar-refractivity contribution is -0.117. The van der Waals surface area contributed by atoms with Crippen molar-refractivity contribution in [3.8, 4) is 5.75 Å². The molecule has 1 N–H and O–H groups in total. The Labute approximate surface area is 126 Å². The molecule has 0 unspecified atom stereocenters. The minimum absolute atomic E-state index is 0.130. The van der Waals surface area contributed by atoms with Gasteiger partial charge in [0.25, 0.3) is 0 Å². The molecule has 114 valence electrons. The number of hydrogen-bond donors (Lipinski definition) is 1. The molecule has 1 saturated carbocycles. The molecule has 0 bridgehead atoms. The fourth-order valence-corrected chi connectivity index (χ4v) is 3.11. The SMILES string of the molecule is COc1ccc(NC(=O)CC2CCN(C3CC3)CC2)cc1. The van der Waals surface area contributed by atoms with Crippen molar-refractivity contribution >= 4 is 11.6 Å². The Bertz CT molecular complexity index is 474. The van der Waals surface area contributed by atoms with Gasteiger partial charge in [-0.1, -0.05) is 0 Å². The van der Waals surface area contributed by atoms with E-state index in [9.17, 15) is 4.79 Å². The van der Waals surface area contributed by atoms with Gasteiger partial charge in [-0.3, -0.25) is 4.79 Å². The molecule has 21 heavy (non-hydrogen) atoms. The number of benzene rings is 1. The first-order valence-electron chi connectivity index (χ1n) is 7.92. The zero-order chi connectivity index (χ0) is 14.7. The van der Waals surface area contributed by atoms with Crippen LogP contribution in [0, 0.1) is 5.92 Å². The Morgan fingerprint density at radius 2 is 1.86 bits per heavy atom. The Morgan fingerprint density at radius 3 is 2.43 bits per heavy atom. The third-order valence-corrected chi connectivity index (χ3v) is 4.56. The summed E-state index contributed by atoms with van der Waals surface area (Å²) in [6, 6.07) is 8.35. The first-order chi connectivity index (χ1) is 10.2. The maximum Gasteiger partial charge on any atom is 0.224 e. The van der Waals surface area contributed by atoms with E-state index in [1.807, 2.05) is 24.3 Å². The maximum atomic E-state index is 12.1. The summed E-state index contributed by atoms with van der Waals surface area (Å²) in [5.41, 5.74) is 0.844. The highest BCUT2D eigenvalue weighted by Gasteiger charge is 2.32. The zero-order valence-corrected chi connectivity index (χ0v) is 12.7. The van der Waals surface area contributed by atoms with Crippen molar-refractivity contribution in [2.45, 2.75) is 38.1 Å². The van der Waals surface area contributed by atoms with Crippen molar-refractivity contribution in [2.24, 2.45) is 5.92 Å². The number of nitrogens with zero attached hydrogens (tertiary/aromatic N) is 1. The molecule has 0 aromatic heterocycles. The van der Waals surface area contributed by atoms with Crippen LogP contribution in [0.2, 0.25) is 0 Å². The summed E-state index contributed by atoms with van der Waals surface area (Å²) in [6.45, 7) is 2.34. The molecule has 1 aliphatic carbocycles. The van der Waals surface area contributed by atoms with Crippen LogP contribution >= 0.6 is 0 Å². The molecular weight excluding hydrogens is 264 g/mol. The van der Waals surface area contributed by atoms with Crippen molar-refractivity contribution in [3.63, 3.8) is 0 Å². The third-order valence-electron chi connectivity index (χ3n) is 4.56. The molecule has 2 aliphatic rings. The Balaban J connectivity index is 1.43. The van der Waals surface area contributed by atoms with Gasteiger partial charge in [0.1, 0.15) is 5.75 Å². The summed E-state index contributed by atoms with van der Waals surface area (Å²) < 4.78 is 5.11. The van der Waals surface area contributed by atoms with E-state index in [1.54, 1.807) is 7.11 Å². The maximum absolute atomic E-state index is 12.1. The molecule has 4 heteroatoms. The van der Waals surface area contributed by atoms with Gasteiger partial charge in [-0.25, -0.2) is 0 Å². The number of piperidine rings is 1. The summed E-state index contributed by atoms with van der Waals surface area (Å²) in [5, 5.41) is 2.98. The second kappa shape index (κ2) is 6.48. The van der Waals surface area contributed by atoms with Gasteiger partial charge < -0.3 is 15.0 Å². The van der Waals surface area contributed by atoms with Gasteiger partial charge in [-0.2, -0.15) is 0 Å². The van der Waals surface area contributed by atoms with E-state index >= 15 is 0 Å². The Kier molecular flexibility index (Phi) is 4.44. The predicted molar refractivity (Wildman–Crippen MR) is 83.6 cm³/mol. The van der Waals surface area contributed by atoms with Crippen LogP contribution in [0.5, 0.6) is 5.75 Å². The van der Waals surface area contributed by atoms with Crippen molar-refractivity contribution < 1.29 is 9.53 Å². The largest absolute Gasteiger partial charge is 0.497 e. The molecule has 1 aromatic carbocycles. The predicted octanol–water partition coefficient (Wildman–Crippen LogP) is 2.90. The van der Waals surface area contributed by atoms with Gasteiger partial charge in [0, 0.05) is 18.2 Å². The number of carbonyl (C=O) groups excluding carboxylic acids is 1. The lowest BCUT2D eigenvalue weighted by Crippen LogP contribution is -2.36. The number of hydrogen-bond acceptors (Lipinski definition) is 3. The van der Waals surface area contributed by atoms with Crippen LogP contribution in [0.1, 0.15) is 32.1 Å². The fourth-order valence-electron chi connectivity index (χ4n) is 3.11. The topological polar surface area (TPSA) is 41.6 Å². The Hall–Kier alpha value is -1.55. The quantitative estimate of drug-likeness (QED) is 0.906. The molecule has 1 aromatic rings. The molecule has 0 atom stereocenters. The number of nitrogens with one attached hydrogen (secondary N) is 1. The number of amides is 1. The van der Waals surface area contributed by atoms with Gasteiger partial charge in [-0.15, -0.1) is 0 Å². The van der Waals surface area contributed by atoms with Crippen LogP contribution in [0.25, 0.3) is 0 Å². The molecule has 1 amide bonds. The number of anilines is 1. The van der Waals surface area contributed by atoms with E-state index in [0.717, 1.165) is 30.3 Å². The summed E-state index contributed by atoms with van der Waals surface area (Å²) in [6.07, 6.45) is 5.72. The highest BCUT2D eigenvalue weighted by molar-refractivity contribution is 5.90. The van der Waals surface area contributed by atoms with E-state index in [0.29, 0.717) is 12.3 Å². The molecule has 1 aliphatic heterocycles. The number of carbonyl (C=O) groups is 1. The number of rotatable bonds is 5. The Morgan fingerprint density at radius 1 is 1.19 bits per heavy atom. The molecule has 0 radical (unpaired) electrons. The molecule has 4 nitrogen and oxygen atoms in total. The van der Waals surface area contributed by atoms with Crippen LogP contribution in [0.15, 0.2) is 24.3 Å². The first-order valence-corrected chi connectivity index (χ1v) is 7.92. The minimum Gasteiger partial charge on any atom is -0.497 e. The average molecular weight is 288 g/mol. The van der Waals surface area contributed by atoms with Crippen molar-refractivity contribution in [1.29, 1.82) is 0 Å². The van der Waals surface area contributed by atoms with E-state index in [2.05, 4.69) is 10.2 Å². The normalized spacial score (nSPS) is 20.2. The lowest BCUT2D eigenvalue weighted by Gasteiger charge is -2.31. The smallest absolute Gasteiger partial charge is 0.224 e. The van der Waals surface area contributed by atoms with Crippen molar-refractivity contribution in [1.82, 2.24) is 4.90 Å². The van der Waals surface area contributed by atoms with Gasteiger partial charge in [0.15, 0.2) is 0 Å². The summed E-state index contributed by atoms with van der Waals surface area (Å²) in [5.74, 6) is 1.48. The minimum atomic E-state index is 0.130.